The molecule has 0 aromatic heterocycles. The summed E-state index contributed by atoms with van der Waals surface area (Å²) >= 11 is 0. The lowest BCUT2D eigenvalue weighted by Gasteiger charge is -2.27. The summed E-state index contributed by atoms with van der Waals surface area (Å²) in [5.74, 6) is -4.97. The third-order valence-electron chi connectivity index (χ3n) is 18.9. The quantitative estimate of drug-likeness (QED) is 0.0153. The van der Waals surface area contributed by atoms with Gasteiger partial charge in [0.15, 0.2) is 0 Å². The molecule has 12 aromatic rings. The van der Waals surface area contributed by atoms with Gasteiger partial charge in [-0.25, -0.2) is 19.4 Å². The second-order valence-electron chi connectivity index (χ2n) is 27.5. The summed E-state index contributed by atoms with van der Waals surface area (Å²) in [6.45, 7) is 32.3. The van der Waals surface area contributed by atoms with Crippen LogP contribution in [0.3, 0.4) is 0 Å². The highest BCUT2D eigenvalue weighted by Crippen LogP contribution is 2.39. The maximum Gasteiger partial charge on any atom is 0.333 e. The summed E-state index contributed by atoms with van der Waals surface area (Å²) in [6.07, 6.45) is 39.3. The number of anilines is 6. The van der Waals surface area contributed by atoms with Crippen molar-refractivity contribution in [2.75, 3.05) is 9.80 Å². The molecule has 0 saturated carbocycles. The zero-order valence-electron chi connectivity index (χ0n) is 66.5. The Morgan fingerprint density at radius 1 is 0.254 bits per heavy atom. The Morgan fingerprint density at radius 2 is 0.459 bits per heavy atom. The normalized spacial score (nSPS) is 11.9. The minimum absolute atomic E-state index is 0.322. The van der Waals surface area contributed by atoms with Crippen LogP contribution < -0.4 is 9.80 Å². The molecule has 0 saturated heterocycles. The smallest absolute Gasteiger partial charge is 0.333 e. The Hall–Kier alpha value is -17.3. The van der Waals surface area contributed by atoms with E-state index in [1.54, 1.807) is 48.5 Å². The van der Waals surface area contributed by atoms with Gasteiger partial charge in [0.05, 0.1) is 26.3 Å². The van der Waals surface area contributed by atoms with Gasteiger partial charge in [-0.3, -0.25) is 19.2 Å². The predicted molar refractivity (Wildman–Crippen MR) is 498 cm³/mol. The highest BCUT2D eigenvalue weighted by molar-refractivity contribution is 5.97. The van der Waals surface area contributed by atoms with E-state index in [0.717, 1.165) is 101 Å². The zero-order chi connectivity index (χ0) is 86.0. The molecule has 0 aliphatic carbocycles. The molecule has 0 radical (unpaired) electrons. The monoisotopic (exact) mass is 1590 g/mol. The number of allylic oxidation sites excluding steroid dienone is 8. The van der Waals surface area contributed by atoms with Crippen molar-refractivity contribution in [2.24, 2.45) is 0 Å². The van der Waals surface area contributed by atoms with Crippen LogP contribution in [0.4, 0.5) is 34.1 Å². The first kappa shape index (κ1) is 85.6. The molecule has 0 bridgehead atoms. The Kier molecular flexibility index (Phi) is 30.5. The third-order valence-corrected chi connectivity index (χ3v) is 18.9. The molecule has 590 valence electrons. The second-order valence-corrected chi connectivity index (χ2v) is 27.5. The molecule has 4 N–H and O–H groups in total. The lowest BCUT2D eigenvalue weighted by molar-refractivity contribution is -0.133. The van der Waals surface area contributed by atoms with E-state index >= 15 is 0 Å². The summed E-state index contributed by atoms with van der Waals surface area (Å²) in [7, 11) is 0. The largest absolute Gasteiger partial charge is 0.486 e. The van der Waals surface area contributed by atoms with Crippen LogP contribution in [-0.2, 0) is 19.2 Å². The minimum Gasteiger partial charge on any atom is -0.486 e. The van der Waals surface area contributed by atoms with Crippen molar-refractivity contribution < 1.29 is 39.6 Å². The topological polar surface area (TPSA) is 173 Å². The predicted octanol–water partition coefficient (Wildman–Crippen LogP) is 26.8. The first-order chi connectivity index (χ1) is 59.4. The van der Waals surface area contributed by atoms with Gasteiger partial charge in [-0.1, -0.05) is 333 Å². The van der Waals surface area contributed by atoms with Crippen LogP contribution in [0, 0.1) is 40.1 Å². The number of aryl methyl sites for hydroxylation is 2. The number of aliphatic carboxylic acids is 4. The molecule has 0 unspecified atom stereocenters. The van der Waals surface area contributed by atoms with Gasteiger partial charge in [0.2, 0.25) is 0 Å². The van der Waals surface area contributed by atoms with Gasteiger partial charge < -0.3 is 30.2 Å². The van der Waals surface area contributed by atoms with Crippen molar-refractivity contribution in [3.8, 4) is 0 Å². The van der Waals surface area contributed by atoms with Crippen molar-refractivity contribution in [3.05, 3.63) is 509 Å². The van der Waals surface area contributed by atoms with E-state index in [0.29, 0.717) is 22.3 Å². The Morgan fingerprint density at radius 3 is 0.680 bits per heavy atom. The number of rotatable bonds is 29. The number of benzene rings is 12. The highest BCUT2D eigenvalue weighted by atomic mass is 16.4. The van der Waals surface area contributed by atoms with Gasteiger partial charge in [0.25, 0.3) is 22.8 Å². The molecule has 14 heteroatoms. The maximum absolute atomic E-state index is 11.2. The number of hydrogen-bond donors (Lipinski definition) is 4. The number of nitrogens with zero attached hydrogens (tertiary/aromatic N) is 6. The first-order valence-electron chi connectivity index (χ1n) is 38.5. The van der Waals surface area contributed by atoms with E-state index < -0.39 is 23.9 Å². The molecule has 0 aliphatic heterocycles. The molecule has 0 spiro atoms. The standard InChI is InChI=1S/C60H43N3O4.C48H37N3O4/c1-61-57(59(64)65)42-49-25-21-44(22-26-49)13-9-11-15-46-29-35-53(36-30-46)63(55-39-33-48(34-40-55)41-56(51-17-5-3-6-18-51)52-19-7-4-8-20-52)54-37-31-47(32-38-54)16-12-10-14-45-23-27-50(28-24-45)43-58(62-2)60(66)67;1-34-13-30-46(35(2)31-34)51(42-26-22-38(23-27-42)11-7-5-9-36-14-18-40(19-15-36)32-44(49-3)47(52)53)43-28-24-39(25-29-43)12-8-6-10-37-16-20-41(21-17-37)33-45(50-4)48(54)55/h3-43H,(H,64,65)(H,66,67);5-33H,1-2H3,(H,52,53)(H,54,55)/b13-9+,14-10+,15-11+,16-12+,57-42-,58-43-;9-5+,10-6+,11-7+,12-8+,44-32-,45-33-. The van der Waals surface area contributed by atoms with Crippen molar-refractivity contribution in [2.45, 2.75) is 13.8 Å². The zero-order valence-corrected chi connectivity index (χ0v) is 66.5. The third kappa shape index (κ3) is 25.1. The molecular weight excluding hydrogens is 1510 g/mol. The molecule has 0 fully saturated rings. The van der Waals surface area contributed by atoms with Crippen molar-refractivity contribution >= 4 is 143 Å². The first-order valence-corrected chi connectivity index (χ1v) is 38.5. The van der Waals surface area contributed by atoms with Crippen LogP contribution in [0.2, 0.25) is 0 Å². The van der Waals surface area contributed by atoms with Crippen LogP contribution in [0.25, 0.3) is 104 Å². The van der Waals surface area contributed by atoms with Crippen LogP contribution in [0.5, 0.6) is 0 Å². The maximum atomic E-state index is 11.2. The van der Waals surface area contributed by atoms with Crippen molar-refractivity contribution in [3.63, 3.8) is 0 Å². The average molecular weight is 1590 g/mol. The van der Waals surface area contributed by atoms with Gasteiger partial charge in [0.1, 0.15) is 0 Å². The Labute approximate surface area is 710 Å². The summed E-state index contributed by atoms with van der Waals surface area (Å²) in [5, 5.41) is 36.4. The van der Waals surface area contributed by atoms with Gasteiger partial charge in [-0.15, -0.1) is 0 Å². The molecule has 122 heavy (non-hydrogen) atoms. The van der Waals surface area contributed by atoms with E-state index in [2.05, 4.69) is 237 Å². The second kappa shape index (κ2) is 43.4. The van der Waals surface area contributed by atoms with E-state index in [1.165, 1.54) is 35.4 Å². The van der Waals surface area contributed by atoms with Crippen LogP contribution in [0.1, 0.15) is 94.6 Å². The molecule has 12 rings (SSSR count). The van der Waals surface area contributed by atoms with Crippen molar-refractivity contribution in [1.82, 2.24) is 0 Å². The Bertz CT molecular complexity index is 6000. The van der Waals surface area contributed by atoms with Gasteiger partial charge in [-0.2, -0.15) is 0 Å². The van der Waals surface area contributed by atoms with Gasteiger partial charge in [-0.05, 0) is 206 Å². The van der Waals surface area contributed by atoms with Crippen molar-refractivity contribution in [1.29, 1.82) is 0 Å². The summed E-state index contributed by atoms with van der Waals surface area (Å²) < 4.78 is 0. The summed E-state index contributed by atoms with van der Waals surface area (Å²) in [6, 6.07) is 98.7. The fourth-order valence-electron chi connectivity index (χ4n) is 12.7. The number of hydrogen-bond acceptors (Lipinski definition) is 6. The number of carboxylic acids is 4. The average Bonchev–Trinajstić information content (AvgIpc) is 0.800. The van der Waals surface area contributed by atoms with Gasteiger partial charge >= 0.3 is 23.9 Å². The summed E-state index contributed by atoms with van der Waals surface area (Å²) in [4.78, 5) is 61.3. The molecule has 0 aliphatic rings. The van der Waals surface area contributed by atoms with E-state index in [-0.39, 0.29) is 22.8 Å². The van der Waals surface area contributed by atoms with E-state index in [4.69, 9.17) is 46.7 Å². The fraction of sp³-hybridized carbons (Fsp3) is 0.0185. The summed E-state index contributed by atoms with van der Waals surface area (Å²) in [5.41, 5.74) is 22.2. The molecule has 0 atom stereocenters. The number of carboxylic acid groups (broad SMARTS) is 4. The van der Waals surface area contributed by atoms with Crippen LogP contribution in [-0.4, -0.2) is 44.3 Å². The SMILES string of the molecule is [C-]#[N+]/C(=C\c1ccc(/C=C/C=C/c2ccc(N(c3ccc(/C=C/C=C/c4ccc(/C=C(\[N+]#[C-])C(=O)O)cc4)cc3)c3ccc(C)cc3C)cc2)cc1)C(=O)O.[C-]#[N+]/C(=C\c1ccc(/C=C/C=C/c2ccc(N(c3ccc(C=C(c4ccccc4)c4ccccc4)cc3)c3ccc(/C=C/C=C/c4ccc(/C=C(\[N+]#[C-])C(=O)O)cc4)cc3)cc2)cc1)C(=O)O. The molecule has 0 amide bonds. The van der Waals surface area contributed by atoms with Gasteiger partial charge in [0, 0.05) is 34.1 Å². The molecule has 12 aromatic carbocycles. The molecular formula is C108H80N6O8. The lowest BCUT2D eigenvalue weighted by atomic mass is 9.95. The van der Waals surface area contributed by atoms with E-state index in [1.807, 2.05) is 158 Å². The number of carbonyl (C=O) groups is 4. The molecule has 14 nitrogen and oxygen atoms in total. The Balaban J connectivity index is 0.000000243. The van der Waals surface area contributed by atoms with E-state index in [9.17, 15) is 19.2 Å². The molecule has 0 heterocycles. The minimum atomic E-state index is -1.25. The fourth-order valence-corrected chi connectivity index (χ4v) is 12.7. The highest BCUT2D eigenvalue weighted by Gasteiger charge is 2.18. The van der Waals surface area contributed by atoms with Crippen LogP contribution in [0.15, 0.2) is 369 Å². The lowest BCUT2D eigenvalue weighted by Crippen LogP contribution is -2.11. The van der Waals surface area contributed by atoms with Crippen LogP contribution >= 0.6 is 0 Å².